The van der Waals surface area contributed by atoms with Gasteiger partial charge in [0.25, 0.3) is 5.69 Å². The van der Waals surface area contributed by atoms with Crippen molar-refractivity contribution in [3.63, 3.8) is 0 Å². The summed E-state index contributed by atoms with van der Waals surface area (Å²) in [5, 5.41) is 14.9. The molecular weight excluding hydrogens is 394 g/mol. The third kappa shape index (κ3) is 4.88. The van der Waals surface area contributed by atoms with Gasteiger partial charge >= 0.3 is 0 Å². The van der Waals surface area contributed by atoms with Gasteiger partial charge < -0.3 is 10.2 Å². The molecule has 0 aromatic heterocycles. The lowest BCUT2D eigenvalue weighted by Gasteiger charge is -2.33. The van der Waals surface area contributed by atoms with Gasteiger partial charge in [0.05, 0.1) is 10.5 Å². The molecule has 0 bridgehead atoms. The normalized spacial score (nSPS) is 16.6. The molecule has 0 spiro atoms. The lowest BCUT2D eigenvalue weighted by atomic mass is 9.89. The number of nitro groups is 1. The quantitative estimate of drug-likeness (QED) is 0.435. The lowest BCUT2D eigenvalue weighted by molar-refractivity contribution is -0.384. The Morgan fingerprint density at radius 1 is 1.19 bits per heavy atom. The van der Waals surface area contributed by atoms with Crippen LogP contribution in [-0.2, 0) is 9.59 Å². The van der Waals surface area contributed by atoms with E-state index in [1.165, 1.54) is 19.1 Å². The van der Waals surface area contributed by atoms with Crippen molar-refractivity contribution in [3.8, 4) is 11.1 Å². The minimum Gasteiger partial charge on any atom is -0.327 e. The summed E-state index contributed by atoms with van der Waals surface area (Å²) in [6.07, 6.45) is 3.02. The van der Waals surface area contributed by atoms with Crippen molar-refractivity contribution in [3.05, 3.63) is 69.8 Å². The van der Waals surface area contributed by atoms with Gasteiger partial charge in [-0.25, -0.2) is 0 Å². The van der Waals surface area contributed by atoms with E-state index in [2.05, 4.69) is 5.32 Å². The molecule has 1 fully saturated rings. The van der Waals surface area contributed by atoms with Crippen LogP contribution in [0.25, 0.3) is 17.2 Å². The highest BCUT2D eigenvalue weighted by Crippen LogP contribution is 2.38. The molecule has 2 aromatic carbocycles. The molecule has 3 rings (SSSR count). The van der Waals surface area contributed by atoms with Crippen molar-refractivity contribution in [1.82, 2.24) is 10.2 Å². The highest BCUT2D eigenvalue weighted by atomic mass is 16.6. The number of amides is 1. The third-order valence-corrected chi connectivity index (χ3v) is 5.52. The maximum absolute atomic E-state index is 12.9. The zero-order chi connectivity index (χ0) is 22.5. The highest BCUT2D eigenvalue weighted by Gasteiger charge is 2.28. The summed E-state index contributed by atoms with van der Waals surface area (Å²) in [6, 6.07) is 12.0. The fourth-order valence-corrected chi connectivity index (χ4v) is 3.96. The number of Topliss-reactive ketones (excluding diaryl/α,β-unsaturated/α-hetero) is 1. The summed E-state index contributed by atoms with van der Waals surface area (Å²) in [7, 11) is 0. The molecule has 1 aliphatic heterocycles. The van der Waals surface area contributed by atoms with Crippen LogP contribution in [0, 0.1) is 10.1 Å². The van der Waals surface area contributed by atoms with Gasteiger partial charge in [-0.1, -0.05) is 50.2 Å². The maximum Gasteiger partial charge on any atom is 0.277 e. The Morgan fingerprint density at radius 3 is 2.61 bits per heavy atom. The van der Waals surface area contributed by atoms with Crippen LogP contribution < -0.4 is 5.32 Å². The molecule has 2 aromatic rings. The Bertz CT molecular complexity index is 1030. The monoisotopic (exact) mass is 421 g/mol. The van der Waals surface area contributed by atoms with Gasteiger partial charge in [0.1, 0.15) is 6.04 Å². The molecule has 1 atom stereocenters. The molecule has 0 saturated carbocycles. The predicted octanol–water partition coefficient (Wildman–Crippen LogP) is 3.79. The molecule has 1 N–H and O–H groups in total. The molecule has 0 aliphatic carbocycles. The summed E-state index contributed by atoms with van der Waals surface area (Å²) in [6.45, 7) is 7.04. The Morgan fingerprint density at radius 2 is 1.94 bits per heavy atom. The zero-order valence-corrected chi connectivity index (χ0v) is 18.0. The molecule has 0 radical (unpaired) electrons. The number of rotatable bonds is 6. The molecular formula is C24H27N3O4. The van der Waals surface area contributed by atoms with Crippen LogP contribution in [0.3, 0.4) is 0 Å². The Hall–Kier alpha value is -3.32. The minimum atomic E-state index is -0.503. The summed E-state index contributed by atoms with van der Waals surface area (Å²) in [4.78, 5) is 37.7. The van der Waals surface area contributed by atoms with Crippen LogP contribution in [0.4, 0.5) is 5.69 Å². The SMILES string of the molecule is CC(=O)C1CNCCN1C(=O)/C=C/c1cccc([N+](=O)[O-])c1-c1ccccc1C(C)C. The van der Waals surface area contributed by atoms with E-state index in [4.69, 9.17) is 0 Å². The number of nitrogens with zero attached hydrogens (tertiary/aromatic N) is 2. The molecule has 1 heterocycles. The largest absolute Gasteiger partial charge is 0.327 e. The number of piperazine rings is 1. The van der Waals surface area contributed by atoms with Crippen molar-refractivity contribution >= 4 is 23.5 Å². The number of nitro benzene ring substituents is 1. The zero-order valence-electron chi connectivity index (χ0n) is 18.0. The van der Waals surface area contributed by atoms with E-state index in [1.807, 2.05) is 38.1 Å². The molecule has 1 amide bonds. The number of hydrogen-bond donors (Lipinski definition) is 1. The van der Waals surface area contributed by atoms with E-state index in [9.17, 15) is 19.7 Å². The van der Waals surface area contributed by atoms with Gasteiger partial charge in [0, 0.05) is 31.8 Å². The van der Waals surface area contributed by atoms with Gasteiger partial charge in [0.15, 0.2) is 5.78 Å². The van der Waals surface area contributed by atoms with Gasteiger partial charge in [-0.3, -0.25) is 19.7 Å². The van der Waals surface area contributed by atoms with Crippen LogP contribution in [0.1, 0.15) is 37.8 Å². The number of ketones is 1. The van der Waals surface area contributed by atoms with E-state index in [0.717, 1.165) is 11.1 Å². The number of carbonyl (C=O) groups is 2. The van der Waals surface area contributed by atoms with Crippen LogP contribution in [0.5, 0.6) is 0 Å². The molecule has 162 valence electrons. The lowest BCUT2D eigenvalue weighted by Crippen LogP contribution is -2.56. The Kier molecular flexibility index (Phi) is 6.97. The maximum atomic E-state index is 12.9. The average Bonchev–Trinajstić information content (AvgIpc) is 2.77. The van der Waals surface area contributed by atoms with Crippen LogP contribution in [-0.4, -0.2) is 47.2 Å². The van der Waals surface area contributed by atoms with E-state index in [-0.39, 0.29) is 23.3 Å². The van der Waals surface area contributed by atoms with E-state index in [0.29, 0.717) is 30.8 Å². The molecule has 7 heteroatoms. The first kappa shape index (κ1) is 22.4. The average molecular weight is 421 g/mol. The molecule has 1 unspecified atom stereocenters. The van der Waals surface area contributed by atoms with Crippen molar-refractivity contribution in [2.45, 2.75) is 32.7 Å². The van der Waals surface area contributed by atoms with E-state index < -0.39 is 11.0 Å². The second-order valence-electron chi connectivity index (χ2n) is 7.94. The predicted molar refractivity (Wildman–Crippen MR) is 121 cm³/mol. The van der Waals surface area contributed by atoms with Gasteiger partial charge in [-0.2, -0.15) is 0 Å². The van der Waals surface area contributed by atoms with Gasteiger partial charge in [-0.05, 0) is 35.6 Å². The van der Waals surface area contributed by atoms with Crippen molar-refractivity contribution in [2.75, 3.05) is 19.6 Å². The Balaban J connectivity index is 2.05. The van der Waals surface area contributed by atoms with Gasteiger partial charge in [0.2, 0.25) is 5.91 Å². The summed E-state index contributed by atoms with van der Waals surface area (Å²) >= 11 is 0. The van der Waals surface area contributed by atoms with Crippen LogP contribution >= 0.6 is 0 Å². The van der Waals surface area contributed by atoms with E-state index in [1.54, 1.807) is 23.1 Å². The topological polar surface area (TPSA) is 92.6 Å². The minimum absolute atomic E-state index is 0.00789. The third-order valence-electron chi connectivity index (χ3n) is 5.52. The molecule has 31 heavy (non-hydrogen) atoms. The highest BCUT2D eigenvalue weighted by molar-refractivity contribution is 5.97. The fourth-order valence-electron chi connectivity index (χ4n) is 3.96. The number of hydrogen-bond acceptors (Lipinski definition) is 5. The second-order valence-corrected chi connectivity index (χ2v) is 7.94. The summed E-state index contributed by atoms with van der Waals surface area (Å²) in [5.41, 5.74) is 2.85. The first-order valence-electron chi connectivity index (χ1n) is 10.4. The number of benzene rings is 2. The molecule has 1 aliphatic rings. The van der Waals surface area contributed by atoms with Crippen molar-refractivity contribution in [1.29, 1.82) is 0 Å². The second kappa shape index (κ2) is 9.66. The van der Waals surface area contributed by atoms with Crippen LogP contribution in [0.2, 0.25) is 0 Å². The summed E-state index contributed by atoms with van der Waals surface area (Å²) < 4.78 is 0. The standard InChI is InChI=1S/C24H27N3O4/c1-16(2)19-8-4-5-9-20(19)24-18(7-6-10-21(24)27(30)31)11-12-23(29)26-14-13-25-15-22(26)17(3)28/h4-12,16,22,25H,13-15H2,1-3H3/b12-11+. The first-order chi connectivity index (χ1) is 14.8. The smallest absolute Gasteiger partial charge is 0.277 e. The van der Waals surface area contributed by atoms with Crippen LogP contribution in [0.15, 0.2) is 48.5 Å². The number of nitrogens with one attached hydrogen (secondary N) is 1. The first-order valence-corrected chi connectivity index (χ1v) is 10.4. The van der Waals surface area contributed by atoms with Crippen molar-refractivity contribution in [2.24, 2.45) is 0 Å². The van der Waals surface area contributed by atoms with Crippen molar-refractivity contribution < 1.29 is 14.5 Å². The molecule has 1 saturated heterocycles. The fraction of sp³-hybridized carbons (Fsp3) is 0.333. The molecule has 7 nitrogen and oxygen atoms in total. The Labute approximate surface area is 181 Å². The number of carbonyl (C=O) groups excluding carboxylic acids is 2. The van der Waals surface area contributed by atoms with Gasteiger partial charge in [-0.15, -0.1) is 0 Å². The summed E-state index contributed by atoms with van der Waals surface area (Å²) in [5.74, 6) is -0.182. The van der Waals surface area contributed by atoms with E-state index >= 15 is 0 Å².